The monoisotopic (exact) mass is 242 g/mol. The first-order valence-electron chi connectivity index (χ1n) is 6.61. The molecule has 0 bridgehead atoms. The molecule has 1 heterocycles. The van der Waals surface area contributed by atoms with Gasteiger partial charge in [0.05, 0.1) is 5.60 Å². The quantitative estimate of drug-likeness (QED) is 0.652. The summed E-state index contributed by atoms with van der Waals surface area (Å²) < 4.78 is 0. The van der Waals surface area contributed by atoms with Crippen molar-refractivity contribution in [3.63, 3.8) is 0 Å². The Morgan fingerprint density at radius 2 is 2.29 bits per heavy atom. The van der Waals surface area contributed by atoms with Gasteiger partial charge >= 0.3 is 0 Å². The van der Waals surface area contributed by atoms with E-state index < -0.39 is 5.60 Å². The average molecular weight is 242 g/mol. The lowest BCUT2D eigenvalue weighted by Crippen LogP contribution is -2.42. The molecule has 0 radical (unpaired) electrons. The molecule has 0 saturated carbocycles. The Bertz CT molecular complexity index is 246. The SMILES string of the molecule is CC(C)CC(C)(O)CNC(=O)CC1CCCN1. The predicted molar refractivity (Wildman–Crippen MR) is 68.7 cm³/mol. The number of carbonyl (C=O) groups is 1. The molecule has 2 atom stereocenters. The minimum absolute atomic E-state index is 0.0356. The van der Waals surface area contributed by atoms with Gasteiger partial charge < -0.3 is 15.7 Å². The molecule has 1 aliphatic rings. The Hall–Kier alpha value is -0.610. The van der Waals surface area contributed by atoms with Crippen LogP contribution in [0.15, 0.2) is 0 Å². The molecule has 0 aromatic heterocycles. The summed E-state index contributed by atoms with van der Waals surface area (Å²) in [5.74, 6) is 0.465. The molecule has 0 spiro atoms. The second-order valence-corrected chi connectivity index (χ2v) is 5.87. The summed E-state index contributed by atoms with van der Waals surface area (Å²) in [7, 11) is 0. The predicted octanol–water partition coefficient (Wildman–Crippen LogP) is 1.04. The number of rotatable bonds is 6. The van der Waals surface area contributed by atoms with Crippen molar-refractivity contribution >= 4 is 5.91 Å². The Morgan fingerprint density at radius 3 is 2.82 bits per heavy atom. The lowest BCUT2D eigenvalue weighted by atomic mass is 9.94. The van der Waals surface area contributed by atoms with Crippen molar-refractivity contribution in [2.45, 2.75) is 58.1 Å². The first-order chi connectivity index (χ1) is 7.89. The standard InChI is InChI=1S/C13H26N2O2/c1-10(2)8-13(3,17)9-15-12(16)7-11-5-4-6-14-11/h10-11,14,17H,4-9H2,1-3H3,(H,15,16). The zero-order valence-corrected chi connectivity index (χ0v) is 11.3. The molecule has 17 heavy (non-hydrogen) atoms. The van der Waals surface area contributed by atoms with E-state index in [1.165, 1.54) is 0 Å². The lowest BCUT2D eigenvalue weighted by molar-refractivity contribution is -0.122. The lowest BCUT2D eigenvalue weighted by Gasteiger charge is -2.25. The first kappa shape index (κ1) is 14.5. The summed E-state index contributed by atoms with van der Waals surface area (Å²) in [4.78, 5) is 11.7. The molecule has 100 valence electrons. The fraction of sp³-hybridized carbons (Fsp3) is 0.923. The molecule has 4 heteroatoms. The van der Waals surface area contributed by atoms with Crippen LogP contribution >= 0.6 is 0 Å². The van der Waals surface area contributed by atoms with Crippen LogP contribution in [-0.2, 0) is 4.79 Å². The van der Waals surface area contributed by atoms with Crippen molar-refractivity contribution < 1.29 is 9.90 Å². The highest BCUT2D eigenvalue weighted by Crippen LogP contribution is 2.15. The summed E-state index contributed by atoms with van der Waals surface area (Å²) in [5.41, 5.74) is -0.799. The molecule has 4 nitrogen and oxygen atoms in total. The third-order valence-electron chi connectivity index (χ3n) is 3.11. The van der Waals surface area contributed by atoms with Crippen LogP contribution in [0.4, 0.5) is 0 Å². The Balaban J connectivity index is 2.22. The molecule has 1 aliphatic heterocycles. The van der Waals surface area contributed by atoms with Gasteiger partial charge in [0.15, 0.2) is 0 Å². The van der Waals surface area contributed by atoms with Crippen molar-refractivity contribution in [2.24, 2.45) is 5.92 Å². The summed E-state index contributed by atoms with van der Waals surface area (Å²) in [6.07, 6.45) is 3.46. The van der Waals surface area contributed by atoms with Gasteiger partial charge in [0, 0.05) is 19.0 Å². The van der Waals surface area contributed by atoms with E-state index in [-0.39, 0.29) is 5.91 Å². The number of amides is 1. The summed E-state index contributed by atoms with van der Waals surface area (Å²) >= 11 is 0. The highest BCUT2D eigenvalue weighted by Gasteiger charge is 2.23. The number of hydrogen-bond acceptors (Lipinski definition) is 3. The van der Waals surface area contributed by atoms with Crippen LogP contribution in [0, 0.1) is 5.92 Å². The van der Waals surface area contributed by atoms with E-state index in [1.807, 2.05) is 0 Å². The summed E-state index contributed by atoms with van der Waals surface area (Å²) in [5, 5.41) is 16.2. The zero-order valence-electron chi connectivity index (χ0n) is 11.3. The fourth-order valence-electron chi connectivity index (χ4n) is 2.47. The highest BCUT2D eigenvalue weighted by molar-refractivity contribution is 5.76. The molecule has 3 N–H and O–H groups in total. The van der Waals surface area contributed by atoms with E-state index in [0.29, 0.717) is 31.3 Å². The molecular weight excluding hydrogens is 216 g/mol. The van der Waals surface area contributed by atoms with Crippen molar-refractivity contribution in [3.8, 4) is 0 Å². The molecule has 2 unspecified atom stereocenters. The van der Waals surface area contributed by atoms with Gasteiger partial charge in [-0.1, -0.05) is 13.8 Å². The van der Waals surface area contributed by atoms with Gasteiger partial charge in [-0.25, -0.2) is 0 Å². The van der Waals surface area contributed by atoms with Crippen LogP contribution in [0.3, 0.4) is 0 Å². The topological polar surface area (TPSA) is 61.4 Å². The van der Waals surface area contributed by atoms with Gasteiger partial charge in [0.2, 0.25) is 5.91 Å². The van der Waals surface area contributed by atoms with Crippen LogP contribution in [0.5, 0.6) is 0 Å². The van der Waals surface area contributed by atoms with Crippen LogP contribution in [0.1, 0.15) is 46.5 Å². The molecule has 1 rings (SSSR count). The molecular formula is C13H26N2O2. The largest absolute Gasteiger partial charge is 0.388 e. The Kier molecular flexibility index (Phi) is 5.40. The Morgan fingerprint density at radius 1 is 1.59 bits per heavy atom. The second-order valence-electron chi connectivity index (χ2n) is 5.87. The van der Waals surface area contributed by atoms with Crippen molar-refractivity contribution in [1.82, 2.24) is 10.6 Å². The highest BCUT2D eigenvalue weighted by atomic mass is 16.3. The van der Waals surface area contributed by atoms with Crippen molar-refractivity contribution in [3.05, 3.63) is 0 Å². The minimum atomic E-state index is -0.799. The van der Waals surface area contributed by atoms with E-state index in [2.05, 4.69) is 24.5 Å². The number of hydrogen-bond donors (Lipinski definition) is 3. The maximum absolute atomic E-state index is 11.7. The molecule has 0 aromatic carbocycles. The zero-order chi connectivity index (χ0) is 12.9. The normalized spacial score (nSPS) is 23.7. The molecule has 1 amide bonds. The van der Waals surface area contributed by atoms with Gasteiger partial charge in [0.1, 0.15) is 0 Å². The fourth-order valence-corrected chi connectivity index (χ4v) is 2.47. The van der Waals surface area contributed by atoms with Crippen molar-refractivity contribution in [2.75, 3.05) is 13.1 Å². The second kappa shape index (κ2) is 6.36. The minimum Gasteiger partial charge on any atom is -0.388 e. The number of carbonyl (C=O) groups excluding carboxylic acids is 1. The summed E-state index contributed by atoms with van der Waals surface area (Å²) in [6.45, 7) is 7.28. The van der Waals surface area contributed by atoms with E-state index in [1.54, 1.807) is 6.92 Å². The number of aliphatic hydroxyl groups is 1. The van der Waals surface area contributed by atoms with Crippen LogP contribution in [0.25, 0.3) is 0 Å². The van der Waals surface area contributed by atoms with Crippen LogP contribution in [0.2, 0.25) is 0 Å². The Labute approximate surface area is 104 Å². The first-order valence-corrected chi connectivity index (χ1v) is 6.61. The maximum atomic E-state index is 11.7. The molecule has 1 saturated heterocycles. The van der Waals surface area contributed by atoms with Gasteiger partial charge in [-0.15, -0.1) is 0 Å². The average Bonchev–Trinajstić information content (AvgIpc) is 2.65. The number of nitrogens with one attached hydrogen (secondary N) is 2. The maximum Gasteiger partial charge on any atom is 0.221 e. The van der Waals surface area contributed by atoms with E-state index in [9.17, 15) is 9.90 Å². The summed E-state index contributed by atoms with van der Waals surface area (Å²) in [6, 6.07) is 0.324. The third kappa shape index (κ3) is 6.03. The van der Waals surface area contributed by atoms with Gasteiger partial charge in [-0.3, -0.25) is 4.79 Å². The molecule has 0 aromatic rings. The molecule has 0 aliphatic carbocycles. The van der Waals surface area contributed by atoms with E-state index >= 15 is 0 Å². The molecule has 1 fully saturated rings. The third-order valence-corrected chi connectivity index (χ3v) is 3.11. The van der Waals surface area contributed by atoms with Gasteiger partial charge in [-0.05, 0) is 38.6 Å². The van der Waals surface area contributed by atoms with Crippen molar-refractivity contribution in [1.29, 1.82) is 0 Å². The van der Waals surface area contributed by atoms with E-state index in [0.717, 1.165) is 19.4 Å². The van der Waals surface area contributed by atoms with Gasteiger partial charge in [-0.2, -0.15) is 0 Å². The van der Waals surface area contributed by atoms with Crippen LogP contribution < -0.4 is 10.6 Å². The smallest absolute Gasteiger partial charge is 0.221 e. The van der Waals surface area contributed by atoms with Gasteiger partial charge in [0.25, 0.3) is 0 Å². The van der Waals surface area contributed by atoms with E-state index in [4.69, 9.17) is 0 Å². The van der Waals surface area contributed by atoms with Crippen LogP contribution in [-0.4, -0.2) is 35.7 Å².